The fourth-order valence-corrected chi connectivity index (χ4v) is 9.77. The van der Waals surface area contributed by atoms with Crippen molar-refractivity contribution in [3.63, 3.8) is 0 Å². The molecule has 0 aliphatic rings. The third-order valence-corrected chi connectivity index (χ3v) is 12.6. The van der Waals surface area contributed by atoms with Gasteiger partial charge in [-0.25, -0.2) is 0 Å². The van der Waals surface area contributed by atoms with Gasteiger partial charge in [-0.05, 0) is 163 Å². The van der Waals surface area contributed by atoms with Crippen LogP contribution in [0.15, 0.2) is 231 Å². The van der Waals surface area contributed by atoms with Gasteiger partial charge in [0.2, 0.25) is 0 Å². The van der Waals surface area contributed by atoms with E-state index in [2.05, 4.69) is 231 Å². The first kappa shape index (κ1) is 34.3. The van der Waals surface area contributed by atoms with E-state index in [-0.39, 0.29) is 0 Å². The van der Waals surface area contributed by atoms with E-state index in [9.17, 15) is 0 Å². The van der Waals surface area contributed by atoms with Crippen molar-refractivity contribution in [2.45, 2.75) is 0 Å². The first-order valence-electron chi connectivity index (χ1n) is 20.8. The van der Waals surface area contributed by atoms with Crippen LogP contribution in [0.4, 0.5) is 0 Å². The Bertz CT molecular complexity index is 3540. The highest BCUT2D eigenvalue weighted by Gasteiger charge is 2.18. The molecule has 0 unspecified atom stereocenters. The van der Waals surface area contributed by atoms with Crippen LogP contribution in [-0.4, -0.2) is 0 Å². The summed E-state index contributed by atoms with van der Waals surface area (Å²) in [4.78, 5) is 0. The fraction of sp³-hybridized carbons (Fsp3) is 0. The van der Waals surface area contributed by atoms with E-state index < -0.39 is 0 Å². The molecule has 0 nitrogen and oxygen atoms in total. The molecule has 278 valence electrons. The standard InChI is InChI=1S/C60H38/c1-3-16-39(17-4-1)44-33-45(40-18-5-2-6-19-40)35-46(34-44)41-20-15-21-42(32-41)47-37-57(60-56-29-14-13-26-52(56)51-25-10-12-28-54(51)59(60)38-47)43-30-31-55-50-24-8-7-22-48(50)49-23-9-11-27-53(49)58(55)36-43/h1-38H. The third-order valence-electron chi connectivity index (χ3n) is 12.6. The maximum atomic E-state index is 2.45. The van der Waals surface area contributed by atoms with Gasteiger partial charge in [0.1, 0.15) is 0 Å². The van der Waals surface area contributed by atoms with Gasteiger partial charge < -0.3 is 0 Å². The Kier molecular flexibility index (Phi) is 7.96. The zero-order valence-corrected chi connectivity index (χ0v) is 32.9. The van der Waals surface area contributed by atoms with Crippen molar-refractivity contribution in [1.29, 1.82) is 0 Å². The van der Waals surface area contributed by atoms with Gasteiger partial charge in [-0.2, -0.15) is 0 Å². The number of hydrogen-bond donors (Lipinski definition) is 0. The van der Waals surface area contributed by atoms with E-state index in [0.29, 0.717) is 0 Å². The Balaban J connectivity index is 1.12. The first-order chi connectivity index (χ1) is 29.7. The predicted octanol–water partition coefficient (Wildman–Crippen LogP) is 16.9. The van der Waals surface area contributed by atoms with E-state index >= 15 is 0 Å². The van der Waals surface area contributed by atoms with Crippen molar-refractivity contribution in [2.24, 2.45) is 0 Å². The Morgan fingerprint density at radius 3 is 1.00 bits per heavy atom. The number of hydrogen-bond acceptors (Lipinski definition) is 0. The summed E-state index contributed by atoms with van der Waals surface area (Å²) in [6, 6.07) is 85.2. The van der Waals surface area contributed by atoms with Gasteiger partial charge in [0, 0.05) is 0 Å². The Morgan fingerprint density at radius 1 is 0.150 bits per heavy atom. The van der Waals surface area contributed by atoms with Crippen LogP contribution in [-0.2, 0) is 0 Å². The predicted molar refractivity (Wildman–Crippen MR) is 259 cm³/mol. The highest BCUT2D eigenvalue weighted by molar-refractivity contribution is 6.30. The van der Waals surface area contributed by atoms with Crippen molar-refractivity contribution in [2.75, 3.05) is 0 Å². The molecule has 0 saturated carbocycles. The van der Waals surface area contributed by atoms with Crippen LogP contribution in [0.2, 0.25) is 0 Å². The van der Waals surface area contributed by atoms with E-state index in [1.165, 1.54) is 120 Å². The van der Waals surface area contributed by atoms with Gasteiger partial charge in [0.05, 0.1) is 0 Å². The number of fused-ring (bicyclic) bond motifs is 12. The molecule has 60 heavy (non-hydrogen) atoms. The molecule has 0 bridgehead atoms. The van der Waals surface area contributed by atoms with Crippen LogP contribution in [0.1, 0.15) is 0 Å². The average Bonchev–Trinajstić information content (AvgIpc) is 3.34. The monoisotopic (exact) mass is 758 g/mol. The molecule has 0 fully saturated rings. The Morgan fingerprint density at radius 2 is 0.483 bits per heavy atom. The lowest BCUT2D eigenvalue weighted by Crippen LogP contribution is -1.91. The molecule has 0 atom stereocenters. The number of rotatable bonds is 5. The third kappa shape index (κ3) is 5.61. The van der Waals surface area contributed by atoms with Crippen molar-refractivity contribution in [1.82, 2.24) is 0 Å². The summed E-state index contributed by atoms with van der Waals surface area (Å²) in [5, 5.41) is 15.4. The largest absolute Gasteiger partial charge is 0.0622 e. The van der Waals surface area contributed by atoms with Gasteiger partial charge in [0.15, 0.2) is 0 Å². The molecule has 12 aromatic carbocycles. The Hall–Kier alpha value is -7.80. The highest BCUT2D eigenvalue weighted by atomic mass is 14.2. The summed E-state index contributed by atoms with van der Waals surface area (Å²) in [6.07, 6.45) is 0. The molecule has 0 aromatic heterocycles. The molecule has 0 aliphatic carbocycles. The molecule has 12 aromatic rings. The average molecular weight is 759 g/mol. The van der Waals surface area contributed by atoms with Gasteiger partial charge >= 0.3 is 0 Å². The molecular weight excluding hydrogens is 721 g/mol. The first-order valence-corrected chi connectivity index (χ1v) is 20.8. The van der Waals surface area contributed by atoms with Gasteiger partial charge in [-0.15, -0.1) is 0 Å². The smallest absolute Gasteiger partial charge is 0.00199 e. The van der Waals surface area contributed by atoms with Crippen LogP contribution in [0.3, 0.4) is 0 Å². The van der Waals surface area contributed by atoms with Crippen LogP contribution in [0.25, 0.3) is 120 Å². The molecule has 0 radical (unpaired) electrons. The summed E-state index contributed by atoms with van der Waals surface area (Å²) < 4.78 is 0. The molecule has 12 rings (SSSR count). The second-order valence-corrected chi connectivity index (χ2v) is 16.0. The molecule has 0 spiro atoms. The minimum Gasteiger partial charge on any atom is -0.0622 e. The molecule has 0 heterocycles. The van der Waals surface area contributed by atoms with Gasteiger partial charge in [-0.3, -0.25) is 0 Å². The summed E-state index contributed by atoms with van der Waals surface area (Å²) in [7, 11) is 0. The maximum Gasteiger partial charge on any atom is -0.00199 e. The van der Waals surface area contributed by atoms with E-state index in [1.54, 1.807) is 0 Å². The highest BCUT2D eigenvalue weighted by Crippen LogP contribution is 2.45. The summed E-state index contributed by atoms with van der Waals surface area (Å²) in [5.41, 5.74) is 12.1. The minimum atomic E-state index is 1.19. The zero-order valence-electron chi connectivity index (χ0n) is 32.9. The van der Waals surface area contributed by atoms with Gasteiger partial charge in [0.25, 0.3) is 0 Å². The maximum absolute atomic E-state index is 2.45. The van der Waals surface area contributed by atoms with Crippen molar-refractivity contribution in [3.05, 3.63) is 231 Å². The van der Waals surface area contributed by atoms with E-state index in [4.69, 9.17) is 0 Å². The minimum absolute atomic E-state index is 1.19. The van der Waals surface area contributed by atoms with Crippen LogP contribution < -0.4 is 0 Å². The normalized spacial score (nSPS) is 11.7. The van der Waals surface area contributed by atoms with Crippen LogP contribution in [0.5, 0.6) is 0 Å². The van der Waals surface area contributed by atoms with Crippen LogP contribution in [0, 0.1) is 0 Å². The number of benzene rings is 12. The second-order valence-electron chi connectivity index (χ2n) is 16.0. The molecule has 0 N–H and O–H groups in total. The molecule has 0 aliphatic heterocycles. The quantitative estimate of drug-likeness (QED) is 0.153. The lowest BCUT2D eigenvalue weighted by Gasteiger charge is -2.18. The van der Waals surface area contributed by atoms with Crippen LogP contribution >= 0.6 is 0 Å². The fourth-order valence-electron chi connectivity index (χ4n) is 9.77. The topological polar surface area (TPSA) is 0 Å². The molecule has 0 saturated heterocycles. The zero-order chi connectivity index (χ0) is 39.6. The van der Waals surface area contributed by atoms with Crippen molar-refractivity contribution in [3.8, 4) is 55.6 Å². The van der Waals surface area contributed by atoms with Crippen molar-refractivity contribution < 1.29 is 0 Å². The summed E-state index contributed by atoms with van der Waals surface area (Å²) >= 11 is 0. The van der Waals surface area contributed by atoms with E-state index in [1.807, 2.05) is 0 Å². The lowest BCUT2D eigenvalue weighted by molar-refractivity contribution is 1.56. The molecular formula is C60H38. The SMILES string of the molecule is c1ccc(-c2cc(-c3ccccc3)cc(-c3cccc(-c4cc(-c5ccc6c7ccccc7c7ccccc7c6c5)c5c6ccccc6c6ccccc6c5c4)c3)c2)cc1. The lowest BCUT2D eigenvalue weighted by atomic mass is 9.85. The van der Waals surface area contributed by atoms with Crippen molar-refractivity contribution >= 4 is 64.6 Å². The molecule has 0 amide bonds. The second kappa shape index (κ2) is 13.9. The van der Waals surface area contributed by atoms with Gasteiger partial charge in [-0.1, -0.05) is 188 Å². The summed E-state index contributed by atoms with van der Waals surface area (Å²) in [5.74, 6) is 0. The summed E-state index contributed by atoms with van der Waals surface area (Å²) in [6.45, 7) is 0. The Labute approximate surface area is 349 Å². The van der Waals surface area contributed by atoms with E-state index in [0.717, 1.165) is 0 Å². The molecule has 0 heteroatoms.